The summed E-state index contributed by atoms with van der Waals surface area (Å²) in [6.45, 7) is 0. The van der Waals surface area contributed by atoms with E-state index in [2.05, 4.69) is 5.43 Å². The van der Waals surface area contributed by atoms with E-state index in [1.807, 2.05) is 0 Å². The van der Waals surface area contributed by atoms with Crippen LogP contribution in [0.4, 0.5) is 13.2 Å². The molecule has 0 saturated carbocycles. The molecule has 0 amide bonds. The normalized spacial score (nSPS) is 12.4. The van der Waals surface area contributed by atoms with Crippen LogP contribution in [0.15, 0.2) is 47.4 Å². The zero-order valence-electron chi connectivity index (χ0n) is 10.4. The number of hydrogen-bond acceptors (Lipinski definition) is 3. The third-order valence-corrected chi connectivity index (χ3v) is 3.94. The monoisotopic (exact) mass is 298 g/mol. The second-order valence-electron chi connectivity index (χ2n) is 4.10. The van der Waals surface area contributed by atoms with Crippen molar-refractivity contribution in [2.45, 2.75) is 10.9 Å². The predicted molar refractivity (Wildman–Crippen MR) is 73.5 cm³/mol. The molecule has 0 aliphatic heterocycles. The molecule has 0 heterocycles. The van der Waals surface area contributed by atoms with E-state index in [1.165, 1.54) is 30.0 Å². The Morgan fingerprint density at radius 1 is 1.00 bits per heavy atom. The van der Waals surface area contributed by atoms with Crippen molar-refractivity contribution in [2.24, 2.45) is 5.84 Å². The smallest absolute Gasteiger partial charge is 0.163 e. The van der Waals surface area contributed by atoms with E-state index in [0.717, 1.165) is 6.07 Å². The molecule has 0 fully saturated rings. The topological polar surface area (TPSA) is 38.0 Å². The highest BCUT2D eigenvalue weighted by Crippen LogP contribution is 2.28. The van der Waals surface area contributed by atoms with Gasteiger partial charge in [-0.1, -0.05) is 24.3 Å². The zero-order valence-corrected chi connectivity index (χ0v) is 11.3. The lowest BCUT2D eigenvalue weighted by molar-refractivity contribution is 0.478. The van der Waals surface area contributed by atoms with Gasteiger partial charge in [-0.05, 0) is 18.2 Å². The Labute approximate surface area is 119 Å². The lowest BCUT2D eigenvalue weighted by Gasteiger charge is -2.17. The van der Waals surface area contributed by atoms with Crippen LogP contribution in [0.5, 0.6) is 0 Å². The average molecular weight is 298 g/mol. The highest BCUT2D eigenvalue weighted by atomic mass is 32.2. The summed E-state index contributed by atoms with van der Waals surface area (Å²) in [4.78, 5) is 0.435. The number of thioether (sulfide) groups is 1. The number of benzene rings is 2. The van der Waals surface area contributed by atoms with Gasteiger partial charge in [-0.2, -0.15) is 0 Å². The van der Waals surface area contributed by atoms with Crippen LogP contribution in [-0.4, -0.2) is 5.75 Å². The highest BCUT2D eigenvalue weighted by Gasteiger charge is 2.17. The minimum absolute atomic E-state index is 0.122. The van der Waals surface area contributed by atoms with Gasteiger partial charge in [0.2, 0.25) is 0 Å². The third-order valence-electron chi connectivity index (χ3n) is 2.80. The Morgan fingerprint density at radius 2 is 1.70 bits per heavy atom. The summed E-state index contributed by atoms with van der Waals surface area (Å²) in [5.74, 6) is 3.43. The second-order valence-corrected chi connectivity index (χ2v) is 5.17. The lowest BCUT2D eigenvalue weighted by Crippen LogP contribution is -2.30. The Balaban J connectivity index is 2.14. The van der Waals surface area contributed by atoms with Gasteiger partial charge in [-0.15, -0.1) is 11.8 Å². The molecule has 0 aliphatic carbocycles. The van der Waals surface area contributed by atoms with Crippen LogP contribution in [0.3, 0.4) is 0 Å². The lowest BCUT2D eigenvalue weighted by atomic mass is 10.1. The van der Waals surface area contributed by atoms with Gasteiger partial charge in [0.1, 0.15) is 5.82 Å². The largest absolute Gasteiger partial charge is 0.271 e. The van der Waals surface area contributed by atoms with E-state index in [-0.39, 0.29) is 17.1 Å². The van der Waals surface area contributed by atoms with Crippen molar-refractivity contribution in [3.8, 4) is 0 Å². The maximum atomic E-state index is 13.7. The fourth-order valence-corrected chi connectivity index (χ4v) is 2.75. The number of hydrazine groups is 1. The molecule has 0 saturated heterocycles. The van der Waals surface area contributed by atoms with Crippen molar-refractivity contribution in [1.82, 2.24) is 5.43 Å². The van der Waals surface area contributed by atoms with Crippen molar-refractivity contribution >= 4 is 11.8 Å². The molecule has 20 heavy (non-hydrogen) atoms. The summed E-state index contributed by atoms with van der Waals surface area (Å²) in [5, 5.41) is 0. The molecule has 2 nitrogen and oxygen atoms in total. The number of nitrogens with two attached hydrogens (primary N) is 1. The van der Waals surface area contributed by atoms with Crippen LogP contribution in [0.2, 0.25) is 0 Å². The molecule has 2 aromatic carbocycles. The predicted octanol–water partition coefficient (Wildman–Crippen LogP) is 3.40. The molecule has 0 bridgehead atoms. The van der Waals surface area contributed by atoms with E-state index in [9.17, 15) is 13.2 Å². The van der Waals surface area contributed by atoms with E-state index in [0.29, 0.717) is 4.90 Å². The van der Waals surface area contributed by atoms with Crippen LogP contribution in [0, 0.1) is 17.5 Å². The van der Waals surface area contributed by atoms with Crippen LogP contribution in [-0.2, 0) is 0 Å². The zero-order chi connectivity index (χ0) is 14.5. The Hall–Kier alpha value is -1.50. The van der Waals surface area contributed by atoms with Crippen LogP contribution in [0.25, 0.3) is 0 Å². The summed E-state index contributed by atoms with van der Waals surface area (Å²) in [5.41, 5.74) is 2.55. The Morgan fingerprint density at radius 3 is 2.40 bits per heavy atom. The Bertz CT molecular complexity index is 592. The maximum absolute atomic E-state index is 13.7. The van der Waals surface area contributed by atoms with Gasteiger partial charge in [0, 0.05) is 16.2 Å². The molecule has 0 aliphatic rings. The molecule has 2 rings (SSSR count). The van der Waals surface area contributed by atoms with Gasteiger partial charge in [-0.25, -0.2) is 13.2 Å². The van der Waals surface area contributed by atoms with Crippen LogP contribution >= 0.6 is 11.8 Å². The summed E-state index contributed by atoms with van der Waals surface area (Å²) in [7, 11) is 0. The van der Waals surface area contributed by atoms with Gasteiger partial charge in [-0.3, -0.25) is 11.3 Å². The van der Waals surface area contributed by atoms with Crippen LogP contribution in [0.1, 0.15) is 11.6 Å². The summed E-state index contributed by atoms with van der Waals surface area (Å²) in [6, 6.07) is 9.54. The van der Waals surface area contributed by atoms with Crippen molar-refractivity contribution < 1.29 is 13.2 Å². The maximum Gasteiger partial charge on any atom is 0.163 e. The minimum atomic E-state index is -0.940. The van der Waals surface area contributed by atoms with Gasteiger partial charge in [0.15, 0.2) is 11.6 Å². The molecular formula is C14H13F3N2S. The molecule has 3 N–H and O–H groups in total. The van der Waals surface area contributed by atoms with Gasteiger partial charge in [0.25, 0.3) is 0 Å². The summed E-state index contributed by atoms with van der Waals surface area (Å²) in [6.07, 6.45) is 0. The molecule has 6 heteroatoms. The number of halogens is 3. The van der Waals surface area contributed by atoms with Crippen LogP contribution < -0.4 is 11.3 Å². The third kappa shape index (κ3) is 3.33. The van der Waals surface area contributed by atoms with Crippen molar-refractivity contribution in [3.63, 3.8) is 0 Å². The molecule has 1 atom stereocenters. The molecule has 0 aromatic heterocycles. The van der Waals surface area contributed by atoms with Crippen molar-refractivity contribution in [2.75, 3.05) is 5.75 Å². The molecule has 0 radical (unpaired) electrons. The quantitative estimate of drug-likeness (QED) is 0.505. The first-order valence-corrected chi connectivity index (χ1v) is 6.89. The standard InChI is InChI=1S/C14H13F3N2S/c15-10-5-1-2-7-13(10)20-8-12(19-18)9-4-3-6-11(16)14(9)17/h1-7,12,19H,8,18H2. The SMILES string of the molecule is NNC(CSc1ccccc1F)c1cccc(F)c1F. The van der Waals surface area contributed by atoms with Gasteiger partial charge >= 0.3 is 0 Å². The first-order valence-electron chi connectivity index (χ1n) is 5.91. The number of rotatable bonds is 5. The van der Waals surface area contributed by atoms with Gasteiger partial charge < -0.3 is 0 Å². The van der Waals surface area contributed by atoms with E-state index >= 15 is 0 Å². The average Bonchev–Trinajstić information content (AvgIpc) is 2.45. The molecular weight excluding hydrogens is 285 g/mol. The summed E-state index contributed by atoms with van der Waals surface area (Å²) >= 11 is 1.18. The van der Waals surface area contributed by atoms with Crippen molar-refractivity contribution in [1.29, 1.82) is 0 Å². The van der Waals surface area contributed by atoms with E-state index in [1.54, 1.807) is 18.2 Å². The fraction of sp³-hybridized carbons (Fsp3) is 0.143. The highest BCUT2D eigenvalue weighted by molar-refractivity contribution is 7.99. The van der Waals surface area contributed by atoms with Crippen molar-refractivity contribution in [3.05, 3.63) is 65.5 Å². The Kier molecular flexibility index (Phi) is 5.05. The fourth-order valence-electron chi connectivity index (χ4n) is 1.75. The molecule has 1 unspecified atom stereocenters. The molecule has 2 aromatic rings. The molecule has 106 valence electrons. The summed E-state index contributed by atoms with van der Waals surface area (Å²) < 4.78 is 40.4. The number of nitrogens with one attached hydrogen (secondary N) is 1. The van der Waals surface area contributed by atoms with Gasteiger partial charge in [0.05, 0.1) is 6.04 Å². The van der Waals surface area contributed by atoms with E-state index in [4.69, 9.17) is 5.84 Å². The first-order chi connectivity index (χ1) is 9.63. The number of hydrogen-bond donors (Lipinski definition) is 2. The van der Waals surface area contributed by atoms with E-state index < -0.39 is 17.7 Å². The molecule has 0 spiro atoms. The second kappa shape index (κ2) is 6.78. The minimum Gasteiger partial charge on any atom is -0.271 e. The first kappa shape index (κ1) is 14.9.